The highest BCUT2D eigenvalue weighted by atomic mass is 16.6. The summed E-state index contributed by atoms with van der Waals surface area (Å²) in [5.74, 6) is 1.68. The molecule has 0 aliphatic carbocycles. The fourth-order valence-electron chi connectivity index (χ4n) is 4.17. The minimum atomic E-state index is -0.494. The number of nitrogens with zero attached hydrogens (tertiary/aromatic N) is 6. The van der Waals surface area contributed by atoms with Crippen molar-refractivity contribution in [3.63, 3.8) is 0 Å². The van der Waals surface area contributed by atoms with Crippen LogP contribution in [0, 0.1) is 10.1 Å². The first-order valence-corrected chi connectivity index (χ1v) is 12.7. The number of para-hydroxylation sites is 1. The number of rotatable bonds is 11. The highest BCUT2D eigenvalue weighted by molar-refractivity contribution is 5.87. The molecular formula is C28H28N8O4. The monoisotopic (exact) mass is 540 g/mol. The summed E-state index contributed by atoms with van der Waals surface area (Å²) in [5, 5.41) is 19.3. The first-order valence-electron chi connectivity index (χ1n) is 12.7. The van der Waals surface area contributed by atoms with Crippen molar-refractivity contribution < 1.29 is 14.4 Å². The van der Waals surface area contributed by atoms with Crippen molar-refractivity contribution >= 4 is 35.4 Å². The summed E-state index contributed by atoms with van der Waals surface area (Å²) in [6, 6.07) is 21.9. The smallest absolute Gasteiger partial charge is 0.282 e. The summed E-state index contributed by atoms with van der Waals surface area (Å²) < 4.78 is 11.3. The number of nitro benzene ring substituents is 1. The minimum absolute atomic E-state index is 0.186. The van der Waals surface area contributed by atoms with E-state index in [4.69, 9.17) is 9.47 Å². The average molecular weight is 541 g/mol. The van der Waals surface area contributed by atoms with Gasteiger partial charge in [0.25, 0.3) is 5.69 Å². The maximum absolute atomic E-state index is 11.9. The van der Waals surface area contributed by atoms with Crippen molar-refractivity contribution in [2.75, 3.05) is 35.8 Å². The van der Waals surface area contributed by atoms with E-state index >= 15 is 0 Å². The predicted molar refractivity (Wildman–Crippen MR) is 153 cm³/mol. The molecule has 0 bridgehead atoms. The first kappa shape index (κ1) is 26.4. The zero-order valence-corrected chi connectivity index (χ0v) is 21.9. The van der Waals surface area contributed by atoms with Gasteiger partial charge in [-0.25, -0.2) is 5.43 Å². The number of nitrogens with one attached hydrogen (secondary N) is 2. The predicted octanol–water partition coefficient (Wildman–Crippen LogP) is 5.16. The zero-order valence-electron chi connectivity index (χ0n) is 21.9. The van der Waals surface area contributed by atoms with Gasteiger partial charge in [-0.2, -0.15) is 20.1 Å². The Morgan fingerprint density at radius 3 is 2.38 bits per heavy atom. The Balaban J connectivity index is 1.37. The molecule has 1 aliphatic rings. The summed E-state index contributed by atoms with van der Waals surface area (Å²) in [6.07, 6.45) is 3.44. The SMILES string of the molecule is COc1cc(/C=N\Nc2nc(Nc3ccccc3)nc(N3CCCC3)n2)c([N+](=O)[O-])cc1OCc1ccccc1. The molecule has 4 aromatic rings. The van der Waals surface area contributed by atoms with E-state index in [1.165, 1.54) is 25.5 Å². The maximum Gasteiger partial charge on any atom is 0.282 e. The van der Waals surface area contributed by atoms with Crippen LogP contribution in [0.3, 0.4) is 0 Å². The van der Waals surface area contributed by atoms with Gasteiger partial charge in [0.1, 0.15) is 6.61 Å². The Kier molecular flexibility index (Phi) is 8.25. The second kappa shape index (κ2) is 12.5. The van der Waals surface area contributed by atoms with E-state index in [-0.39, 0.29) is 29.6 Å². The van der Waals surface area contributed by atoms with Crippen LogP contribution in [0.25, 0.3) is 0 Å². The van der Waals surface area contributed by atoms with Gasteiger partial charge in [-0.05, 0) is 36.6 Å². The third kappa shape index (κ3) is 6.59. The zero-order chi connectivity index (χ0) is 27.7. The molecule has 0 amide bonds. The van der Waals surface area contributed by atoms with E-state index in [2.05, 4.69) is 35.7 Å². The van der Waals surface area contributed by atoms with Crippen molar-refractivity contribution in [2.24, 2.45) is 5.10 Å². The van der Waals surface area contributed by atoms with Crippen molar-refractivity contribution in [2.45, 2.75) is 19.4 Å². The van der Waals surface area contributed by atoms with Gasteiger partial charge in [0.05, 0.1) is 29.9 Å². The standard InChI is InChI=1S/C28H28N8O4/c1-39-24-16-21(23(36(37)38)17-25(24)40-19-20-10-4-2-5-11-20)18-29-34-27-31-26(30-22-12-6-3-7-13-22)32-28(33-27)35-14-8-9-15-35/h2-7,10-13,16-18H,8-9,14-15,19H2,1H3,(H2,30,31,32,33,34)/b29-18-. The Morgan fingerprint density at radius 1 is 0.975 bits per heavy atom. The van der Waals surface area contributed by atoms with Gasteiger partial charge in [-0.1, -0.05) is 48.5 Å². The van der Waals surface area contributed by atoms with Gasteiger partial charge < -0.3 is 19.7 Å². The third-order valence-electron chi connectivity index (χ3n) is 6.16. The number of methoxy groups -OCH3 is 1. The first-order chi connectivity index (χ1) is 19.6. The molecule has 1 saturated heterocycles. The van der Waals surface area contributed by atoms with Gasteiger partial charge in [0.2, 0.25) is 17.8 Å². The lowest BCUT2D eigenvalue weighted by molar-refractivity contribution is -0.385. The second-order valence-corrected chi connectivity index (χ2v) is 8.93. The van der Waals surface area contributed by atoms with Crippen molar-refractivity contribution in [3.8, 4) is 11.5 Å². The summed E-state index contributed by atoms with van der Waals surface area (Å²) in [7, 11) is 1.47. The Bertz CT molecular complexity index is 1480. The van der Waals surface area contributed by atoms with Crippen LogP contribution in [0.1, 0.15) is 24.0 Å². The number of hydrogen-bond acceptors (Lipinski definition) is 11. The molecule has 5 rings (SSSR count). The molecule has 1 aliphatic heterocycles. The van der Waals surface area contributed by atoms with E-state index in [9.17, 15) is 10.1 Å². The van der Waals surface area contributed by atoms with E-state index < -0.39 is 4.92 Å². The highest BCUT2D eigenvalue weighted by Crippen LogP contribution is 2.34. The number of benzene rings is 3. The van der Waals surface area contributed by atoms with Crippen LogP contribution >= 0.6 is 0 Å². The van der Waals surface area contributed by atoms with E-state index in [0.717, 1.165) is 37.2 Å². The van der Waals surface area contributed by atoms with Gasteiger partial charge in [0, 0.05) is 18.8 Å². The molecular weight excluding hydrogens is 512 g/mol. The molecule has 1 aromatic heterocycles. The fraction of sp³-hybridized carbons (Fsp3) is 0.214. The fourth-order valence-corrected chi connectivity index (χ4v) is 4.17. The molecule has 0 saturated carbocycles. The highest BCUT2D eigenvalue weighted by Gasteiger charge is 2.20. The number of aromatic nitrogens is 3. The summed E-state index contributed by atoms with van der Waals surface area (Å²) >= 11 is 0. The number of nitro groups is 1. The van der Waals surface area contributed by atoms with Crippen LogP contribution in [0.15, 0.2) is 77.9 Å². The molecule has 0 spiro atoms. The van der Waals surface area contributed by atoms with Crippen molar-refractivity contribution in [1.29, 1.82) is 0 Å². The van der Waals surface area contributed by atoms with Crippen LogP contribution in [0.4, 0.5) is 29.2 Å². The van der Waals surface area contributed by atoms with Gasteiger partial charge in [0.15, 0.2) is 11.5 Å². The summed E-state index contributed by atoms with van der Waals surface area (Å²) in [5.41, 5.74) is 4.58. The van der Waals surface area contributed by atoms with Gasteiger partial charge in [-0.15, -0.1) is 0 Å². The molecule has 3 aromatic carbocycles. The largest absolute Gasteiger partial charge is 0.493 e. The number of ether oxygens (including phenoxy) is 2. The minimum Gasteiger partial charge on any atom is -0.493 e. The van der Waals surface area contributed by atoms with Crippen LogP contribution in [0.5, 0.6) is 11.5 Å². The van der Waals surface area contributed by atoms with Crippen molar-refractivity contribution in [1.82, 2.24) is 15.0 Å². The molecule has 12 nitrogen and oxygen atoms in total. The summed E-state index contributed by atoms with van der Waals surface area (Å²) in [6.45, 7) is 1.94. The molecule has 0 atom stereocenters. The molecule has 0 radical (unpaired) electrons. The van der Waals surface area contributed by atoms with E-state index in [1.54, 1.807) is 0 Å². The molecule has 2 heterocycles. The van der Waals surface area contributed by atoms with Crippen LogP contribution in [-0.4, -0.2) is 46.3 Å². The number of anilines is 4. The Hall–Kier alpha value is -5.26. The molecule has 0 unspecified atom stereocenters. The molecule has 40 heavy (non-hydrogen) atoms. The molecule has 204 valence electrons. The van der Waals surface area contributed by atoms with E-state index in [1.807, 2.05) is 60.7 Å². The maximum atomic E-state index is 11.9. The second-order valence-electron chi connectivity index (χ2n) is 8.93. The van der Waals surface area contributed by atoms with E-state index in [0.29, 0.717) is 17.6 Å². The molecule has 1 fully saturated rings. The summed E-state index contributed by atoms with van der Waals surface area (Å²) in [4.78, 5) is 27.0. The van der Waals surface area contributed by atoms with Crippen LogP contribution < -0.4 is 25.1 Å². The lowest BCUT2D eigenvalue weighted by atomic mass is 10.1. The quantitative estimate of drug-likeness (QED) is 0.149. The van der Waals surface area contributed by atoms with Gasteiger partial charge >= 0.3 is 0 Å². The molecule has 12 heteroatoms. The Labute approximate surface area is 230 Å². The lowest BCUT2D eigenvalue weighted by Crippen LogP contribution is -2.21. The molecule has 2 N–H and O–H groups in total. The Morgan fingerprint density at radius 2 is 1.68 bits per heavy atom. The van der Waals surface area contributed by atoms with Crippen LogP contribution in [0.2, 0.25) is 0 Å². The van der Waals surface area contributed by atoms with Gasteiger partial charge in [-0.3, -0.25) is 10.1 Å². The topological polar surface area (TPSA) is 140 Å². The lowest BCUT2D eigenvalue weighted by Gasteiger charge is -2.16. The number of hydrazone groups is 1. The normalized spacial score (nSPS) is 12.9. The van der Waals surface area contributed by atoms with Crippen molar-refractivity contribution in [3.05, 3.63) is 94.0 Å². The number of hydrogen-bond donors (Lipinski definition) is 2. The third-order valence-corrected chi connectivity index (χ3v) is 6.16. The average Bonchev–Trinajstić information content (AvgIpc) is 3.52. The van der Waals surface area contributed by atoms with Crippen LogP contribution in [-0.2, 0) is 6.61 Å².